The Bertz CT molecular complexity index is 840. The molecule has 2 heterocycles. The number of sulfone groups is 1. The van der Waals surface area contributed by atoms with Crippen molar-refractivity contribution in [1.29, 1.82) is 0 Å². The van der Waals surface area contributed by atoms with E-state index >= 15 is 0 Å². The third kappa shape index (κ3) is 3.87. The first-order chi connectivity index (χ1) is 11.7. The van der Waals surface area contributed by atoms with Crippen molar-refractivity contribution in [2.45, 2.75) is 31.6 Å². The molecule has 2 atom stereocenters. The van der Waals surface area contributed by atoms with Crippen LogP contribution in [0.1, 0.15) is 20.3 Å². The standard InChI is InChI=1S/C16H18F2N2O3S2/c1-9(2)5-15(21)19-16-20(12-4-3-10(17)6-11(12)18)13-7-25(22,23)8-14(13)24-16/h3-4,6,9,13-14H,5,7-8H2,1-2H3/t13-,14+/m0/s1. The fraction of sp³-hybridized carbons (Fsp3) is 0.500. The maximum Gasteiger partial charge on any atom is 0.248 e. The number of amidine groups is 1. The molecule has 5 nitrogen and oxygen atoms in total. The van der Waals surface area contributed by atoms with Crippen molar-refractivity contribution in [1.82, 2.24) is 0 Å². The maximum absolute atomic E-state index is 14.3. The number of anilines is 1. The van der Waals surface area contributed by atoms with Crippen LogP contribution in [0.15, 0.2) is 23.2 Å². The van der Waals surface area contributed by atoms with Crippen molar-refractivity contribution >= 4 is 38.4 Å². The number of carbonyl (C=O) groups is 1. The minimum Gasteiger partial charge on any atom is -0.313 e. The van der Waals surface area contributed by atoms with Crippen LogP contribution in [-0.4, -0.2) is 42.3 Å². The SMILES string of the molecule is CC(C)CC(=O)N=C1S[C@@H]2CS(=O)(=O)C[C@@H]2N1c1ccc(F)cc1F. The molecule has 0 N–H and O–H groups in total. The molecule has 0 unspecified atom stereocenters. The highest BCUT2D eigenvalue weighted by Gasteiger charge is 2.50. The summed E-state index contributed by atoms with van der Waals surface area (Å²) in [4.78, 5) is 17.6. The van der Waals surface area contributed by atoms with Gasteiger partial charge in [-0.2, -0.15) is 4.99 Å². The second-order valence-corrected chi connectivity index (χ2v) is 10.0. The molecule has 0 spiro atoms. The smallest absolute Gasteiger partial charge is 0.248 e. The molecular weight excluding hydrogens is 370 g/mol. The van der Waals surface area contributed by atoms with Gasteiger partial charge in [-0.3, -0.25) is 4.79 Å². The Morgan fingerprint density at radius 1 is 1.36 bits per heavy atom. The number of halogens is 2. The molecule has 2 aliphatic heterocycles. The second kappa shape index (κ2) is 6.68. The van der Waals surface area contributed by atoms with Gasteiger partial charge in [-0.1, -0.05) is 25.6 Å². The van der Waals surface area contributed by atoms with Gasteiger partial charge in [0.25, 0.3) is 0 Å². The topological polar surface area (TPSA) is 66.8 Å². The third-order valence-corrected chi connectivity index (χ3v) is 7.25. The van der Waals surface area contributed by atoms with Gasteiger partial charge in [-0.15, -0.1) is 0 Å². The minimum absolute atomic E-state index is 0.0367. The van der Waals surface area contributed by atoms with E-state index in [1.165, 1.54) is 22.7 Å². The van der Waals surface area contributed by atoms with Gasteiger partial charge >= 0.3 is 0 Å². The van der Waals surface area contributed by atoms with E-state index in [2.05, 4.69) is 4.99 Å². The second-order valence-electron chi connectivity index (χ2n) is 6.65. The predicted octanol–water partition coefficient (Wildman–Crippen LogP) is 2.61. The summed E-state index contributed by atoms with van der Waals surface area (Å²) in [5.41, 5.74) is 0.0367. The number of benzene rings is 1. The van der Waals surface area contributed by atoms with E-state index in [1.807, 2.05) is 13.8 Å². The summed E-state index contributed by atoms with van der Waals surface area (Å²) in [6, 6.07) is 2.58. The van der Waals surface area contributed by atoms with E-state index in [0.29, 0.717) is 0 Å². The molecule has 136 valence electrons. The summed E-state index contributed by atoms with van der Waals surface area (Å²) >= 11 is 1.17. The number of hydrogen-bond donors (Lipinski definition) is 0. The summed E-state index contributed by atoms with van der Waals surface area (Å²) < 4.78 is 51.4. The third-order valence-electron chi connectivity index (χ3n) is 4.04. The Kier molecular flexibility index (Phi) is 4.89. The summed E-state index contributed by atoms with van der Waals surface area (Å²) in [5, 5.41) is -0.0406. The number of rotatable bonds is 3. The average molecular weight is 388 g/mol. The lowest BCUT2D eigenvalue weighted by Crippen LogP contribution is -2.38. The highest BCUT2D eigenvalue weighted by molar-refractivity contribution is 8.16. The summed E-state index contributed by atoms with van der Waals surface area (Å²) in [5.74, 6) is -1.93. The van der Waals surface area contributed by atoms with Gasteiger partial charge in [0.05, 0.1) is 23.2 Å². The van der Waals surface area contributed by atoms with Crippen molar-refractivity contribution in [3.05, 3.63) is 29.8 Å². The molecule has 2 fully saturated rings. The Morgan fingerprint density at radius 2 is 2.08 bits per heavy atom. The van der Waals surface area contributed by atoms with Gasteiger partial charge in [-0.25, -0.2) is 17.2 Å². The normalized spacial score (nSPS) is 26.4. The van der Waals surface area contributed by atoms with Crippen molar-refractivity contribution < 1.29 is 22.0 Å². The van der Waals surface area contributed by atoms with Crippen molar-refractivity contribution in [2.75, 3.05) is 16.4 Å². The van der Waals surface area contributed by atoms with Crippen molar-refractivity contribution in [2.24, 2.45) is 10.9 Å². The van der Waals surface area contributed by atoms with Gasteiger partial charge < -0.3 is 4.90 Å². The number of carbonyl (C=O) groups excluding carboxylic acids is 1. The quantitative estimate of drug-likeness (QED) is 0.796. The first-order valence-electron chi connectivity index (χ1n) is 7.89. The average Bonchev–Trinajstić information content (AvgIpc) is 2.90. The van der Waals surface area contributed by atoms with Crippen molar-refractivity contribution in [3.63, 3.8) is 0 Å². The van der Waals surface area contributed by atoms with E-state index in [9.17, 15) is 22.0 Å². The first kappa shape index (κ1) is 18.3. The molecule has 0 aromatic heterocycles. The lowest BCUT2D eigenvalue weighted by molar-refractivity contribution is -0.118. The maximum atomic E-state index is 14.3. The lowest BCUT2D eigenvalue weighted by Gasteiger charge is -2.25. The molecule has 3 rings (SSSR count). The Morgan fingerprint density at radius 3 is 2.72 bits per heavy atom. The van der Waals surface area contributed by atoms with E-state index in [4.69, 9.17) is 0 Å². The molecule has 1 aromatic rings. The van der Waals surface area contributed by atoms with Crippen molar-refractivity contribution in [3.8, 4) is 0 Å². The zero-order chi connectivity index (χ0) is 18.4. The molecule has 0 saturated carbocycles. The molecule has 2 saturated heterocycles. The van der Waals surface area contributed by atoms with Gasteiger partial charge in [0.2, 0.25) is 5.91 Å². The van der Waals surface area contributed by atoms with Crippen LogP contribution in [0.25, 0.3) is 0 Å². The van der Waals surface area contributed by atoms with Crippen LogP contribution in [0.2, 0.25) is 0 Å². The van der Waals surface area contributed by atoms with E-state index in [1.54, 1.807) is 0 Å². The van der Waals surface area contributed by atoms with Crippen LogP contribution in [-0.2, 0) is 14.6 Å². The molecule has 0 bridgehead atoms. The molecular formula is C16H18F2N2O3S2. The van der Waals surface area contributed by atoms with E-state index in [0.717, 1.165) is 12.1 Å². The summed E-state index contributed by atoms with van der Waals surface area (Å²) in [7, 11) is -3.24. The number of nitrogens with zero attached hydrogens (tertiary/aromatic N) is 2. The van der Waals surface area contributed by atoms with Crippen LogP contribution in [0.5, 0.6) is 0 Å². The molecule has 2 aliphatic rings. The predicted molar refractivity (Wildman–Crippen MR) is 94.6 cm³/mol. The van der Waals surface area contributed by atoms with Gasteiger partial charge in [-0.05, 0) is 18.1 Å². The zero-order valence-electron chi connectivity index (χ0n) is 13.8. The fourth-order valence-electron chi connectivity index (χ4n) is 3.02. The largest absolute Gasteiger partial charge is 0.313 e. The number of amides is 1. The molecule has 9 heteroatoms. The molecule has 1 amide bonds. The van der Waals surface area contributed by atoms with E-state index in [-0.39, 0.29) is 45.9 Å². The Balaban J connectivity index is 2.01. The number of fused-ring (bicyclic) bond motifs is 1. The Hall–Kier alpha value is -1.48. The van der Waals surface area contributed by atoms with Gasteiger partial charge in [0.15, 0.2) is 15.0 Å². The van der Waals surface area contributed by atoms with Crippen LogP contribution in [0, 0.1) is 17.6 Å². The Labute approximate surface area is 149 Å². The summed E-state index contributed by atoms with van der Waals surface area (Å²) in [6.45, 7) is 3.77. The van der Waals surface area contributed by atoms with Gasteiger partial charge in [0, 0.05) is 17.7 Å². The van der Waals surface area contributed by atoms with Crippen LogP contribution < -0.4 is 4.90 Å². The molecule has 1 aromatic carbocycles. The van der Waals surface area contributed by atoms with Crippen LogP contribution in [0.3, 0.4) is 0 Å². The lowest BCUT2D eigenvalue weighted by atomic mass is 10.1. The first-order valence-corrected chi connectivity index (χ1v) is 10.6. The minimum atomic E-state index is -3.24. The molecule has 0 aliphatic carbocycles. The van der Waals surface area contributed by atoms with Gasteiger partial charge in [0.1, 0.15) is 11.6 Å². The van der Waals surface area contributed by atoms with Crippen LogP contribution >= 0.6 is 11.8 Å². The number of thioether (sulfide) groups is 1. The molecule has 25 heavy (non-hydrogen) atoms. The van der Waals surface area contributed by atoms with Crippen LogP contribution in [0.4, 0.5) is 14.5 Å². The zero-order valence-corrected chi connectivity index (χ0v) is 15.4. The number of hydrogen-bond acceptors (Lipinski definition) is 4. The molecule has 0 radical (unpaired) electrons. The highest BCUT2D eigenvalue weighted by Crippen LogP contribution is 2.41. The number of aliphatic imine (C=N–C) groups is 1. The highest BCUT2D eigenvalue weighted by atomic mass is 32.2. The summed E-state index contributed by atoms with van der Waals surface area (Å²) in [6.07, 6.45) is 0.247. The van der Waals surface area contributed by atoms with E-state index < -0.39 is 27.5 Å². The fourth-order valence-corrected chi connectivity index (χ4v) is 6.95. The monoisotopic (exact) mass is 388 g/mol.